The van der Waals surface area contributed by atoms with Crippen molar-refractivity contribution in [1.29, 1.82) is 0 Å². The van der Waals surface area contributed by atoms with Crippen LogP contribution >= 0.6 is 0 Å². The number of carbonyl (C=O) groups excluding carboxylic acids is 1. The second kappa shape index (κ2) is 4.99. The van der Waals surface area contributed by atoms with Crippen LogP contribution in [0.2, 0.25) is 0 Å². The first kappa shape index (κ1) is 16.0. The summed E-state index contributed by atoms with van der Waals surface area (Å²) >= 11 is 0. The second-order valence-corrected chi connectivity index (χ2v) is 10.00. The molecule has 0 aliphatic heterocycles. The molecule has 130 valence electrons. The summed E-state index contributed by atoms with van der Waals surface area (Å²) in [5.41, 5.74) is 0.723. The molecule has 0 aromatic rings. The summed E-state index contributed by atoms with van der Waals surface area (Å²) in [6.45, 7) is 7.25. The normalized spacial score (nSPS) is 55.0. The van der Waals surface area contributed by atoms with E-state index in [-0.39, 0.29) is 11.4 Å². The lowest BCUT2D eigenvalue weighted by atomic mass is 9.41. The van der Waals surface area contributed by atoms with E-state index in [1.165, 1.54) is 51.4 Å². The van der Waals surface area contributed by atoms with Crippen molar-refractivity contribution in [3.05, 3.63) is 0 Å². The molecule has 1 spiro atoms. The molecule has 0 N–H and O–H groups in total. The van der Waals surface area contributed by atoms with Crippen LogP contribution in [0.15, 0.2) is 0 Å². The van der Waals surface area contributed by atoms with E-state index >= 15 is 0 Å². The maximum absolute atomic E-state index is 12.6. The number of methoxy groups -OCH3 is 1. The highest BCUT2D eigenvalue weighted by Crippen LogP contribution is 2.72. The van der Waals surface area contributed by atoms with Gasteiger partial charge in [-0.1, -0.05) is 20.3 Å². The van der Waals surface area contributed by atoms with Gasteiger partial charge in [-0.2, -0.15) is 0 Å². The predicted molar refractivity (Wildman–Crippen MR) is 91.9 cm³/mol. The van der Waals surface area contributed by atoms with Crippen LogP contribution in [0, 0.1) is 39.9 Å². The topological polar surface area (TPSA) is 26.3 Å². The van der Waals surface area contributed by atoms with Gasteiger partial charge < -0.3 is 4.74 Å². The third-order valence-electron chi connectivity index (χ3n) is 9.12. The maximum Gasteiger partial charge on any atom is 0.311 e. The van der Waals surface area contributed by atoms with Crippen LogP contribution in [-0.4, -0.2) is 13.1 Å². The molecule has 23 heavy (non-hydrogen) atoms. The van der Waals surface area contributed by atoms with Crippen LogP contribution in [-0.2, 0) is 9.53 Å². The zero-order valence-electron chi connectivity index (χ0n) is 15.5. The number of rotatable bonds is 1. The maximum atomic E-state index is 12.6. The molecule has 4 aliphatic carbocycles. The number of ether oxygens (including phenoxy) is 1. The van der Waals surface area contributed by atoms with Gasteiger partial charge >= 0.3 is 5.97 Å². The first-order chi connectivity index (χ1) is 10.9. The Labute approximate surface area is 141 Å². The summed E-state index contributed by atoms with van der Waals surface area (Å²) < 4.78 is 5.26. The molecule has 0 amide bonds. The monoisotopic (exact) mass is 318 g/mol. The molecular formula is C21H34O2. The lowest BCUT2D eigenvalue weighted by Crippen LogP contribution is -2.58. The molecular weight excluding hydrogens is 284 g/mol. The minimum absolute atomic E-state index is 0.0536. The molecule has 0 radical (unpaired) electrons. The fourth-order valence-electron chi connectivity index (χ4n) is 8.27. The summed E-state index contributed by atoms with van der Waals surface area (Å²) in [5.74, 6) is 3.34. The van der Waals surface area contributed by atoms with Crippen molar-refractivity contribution in [2.24, 2.45) is 39.9 Å². The first-order valence-electron chi connectivity index (χ1n) is 9.94. The van der Waals surface area contributed by atoms with Gasteiger partial charge in [-0.3, -0.25) is 4.79 Å². The van der Waals surface area contributed by atoms with Gasteiger partial charge in [0.05, 0.1) is 12.5 Å². The number of hydrogen-bond donors (Lipinski definition) is 0. The van der Waals surface area contributed by atoms with Crippen LogP contribution in [0.25, 0.3) is 0 Å². The summed E-state index contributed by atoms with van der Waals surface area (Å²) in [7, 11) is 1.58. The predicted octanol–water partition coefficient (Wildman–Crippen LogP) is 5.21. The van der Waals surface area contributed by atoms with Crippen molar-refractivity contribution in [3.8, 4) is 0 Å². The van der Waals surface area contributed by atoms with Crippen LogP contribution in [0.4, 0.5) is 0 Å². The van der Waals surface area contributed by atoms with Gasteiger partial charge in [-0.25, -0.2) is 0 Å². The minimum Gasteiger partial charge on any atom is -0.469 e. The third-order valence-corrected chi connectivity index (χ3v) is 9.12. The highest BCUT2D eigenvalue weighted by Gasteiger charge is 2.65. The Morgan fingerprint density at radius 2 is 1.78 bits per heavy atom. The Balaban J connectivity index is 1.72. The van der Waals surface area contributed by atoms with Crippen LogP contribution in [0.3, 0.4) is 0 Å². The molecule has 0 aromatic heterocycles. The van der Waals surface area contributed by atoms with Gasteiger partial charge in [0.1, 0.15) is 0 Å². The van der Waals surface area contributed by atoms with Crippen molar-refractivity contribution >= 4 is 5.97 Å². The lowest BCUT2D eigenvalue weighted by Gasteiger charge is -2.63. The molecule has 0 saturated heterocycles. The van der Waals surface area contributed by atoms with E-state index in [0.717, 1.165) is 24.2 Å². The average molecular weight is 319 g/mol. The number of fused-ring (bicyclic) bond motifs is 3. The molecule has 4 rings (SSSR count). The Kier molecular flexibility index (Phi) is 3.46. The zero-order chi connectivity index (χ0) is 16.5. The van der Waals surface area contributed by atoms with Crippen molar-refractivity contribution in [2.45, 2.75) is 78.6 Å². The molecule has 2 bridgehead atoms. The van der Waals surface area contributed by atoms with E-state index < -0.39 is 0 Å². The van der Waals surface area contributed by atoms with Crippen molar-refractivity contribution < 1.29 is 9.53 Å². The van der Waals surface area contributed by atoms with Crippen LogP contribution in [0.5, 0.6) is 0 Å². The SMILES string of the molecule is COC(=O)C1(C)CCCC2(C)C3CCC4CC3(CCC12)CC4C. The van der Waals surface area contributed by atoms with Gasteiger partial charge in [0, 0.05) is 0 Å². The van der Waals surface area contributed by atoms with E-state index in [1.54, 1.807) is 7.11 Å². The largest absolute Gasteiger partial charge is 0.469 e. The summed E-state index contributed by atoms with van der Waals surface area (Å²) in [6.07, 6.45) is 12.0. The molecule has 2 nitrogen and oxygen atoms in total. The first-order valence-corrected chi connectivity index (χ1v) is 9.94. The molecule has 4 fully saturated rings. The van der Waals surface area contributed by atoms with E-state index in [0.29, 0.717) is 16.7 Å². The van der Waals surface area contributed by atoms with E-state index in [2.05, 4.69) is 20.8 Å². The molecule has 2 heteroatoms. The van der Waals surface area contributed by atoms with Crippen LogP contribution in [0.1, 0.15) is 78.6 Å². The number of esters is 1. The Hall–Kier alpha value is -0.530. The molecule has 4 saturated carbocycles. The Morgan fingerprint density at radius 1 is 1.00 bits per heavy atom. The van der Waals surface area contributed by atoms with Gasteiger partial charge in [0.25, 0.3) is 0 Å². The summed E-state index contributed by atoms with van der Waals surface area (Å²) in [5, 5.41) is 0. The van der Waals surface area contributed by atoms with Crippen LogP contribution < -0.4 is 0 Å². The fraction of sp³-hybridized carbons (Fsp3) is 0.952. The molecule has 0 heterocycles. The molecule has 0 aromatic carbocycles. The summed E-state index contributed by atoms with van der Waals surface area (Å²) in [4.78, 5) is 12.6. The van der Waals surface area contributed by atoms with Gasteiger partial charge in [-0.15, -0.1) is 0 Å². The van der Waals surface area contributed by atoms with Crippen molar-refractivity contribution in [3.63, 3.8) is 0 Å². The highest BCUT2D eigenvalue weighted by molar-refractivity contribution is 5.77. The number of carbonyl (C=O) groups is 1. The standard InChI is InChI=1S/C21H34O2/c1-14-12-21-11-8-16-19(2,17(21)7-6-15(14)13-21)9-5-10-20(16,3)18(22)23-4/h14-17H,5-13H2,1-4H3. The third kappa shape index (κ3) is 1.96. The van der Waals surface area contributed by atoms with Gasteiger partial charge in [0.15, 0.2) is 0 Å². The fourth-order valence-corrected chi connectivity index (χ4v) is 8.27. The smallest absolute Gasteiger partial charge is 0.311 e. The van der Waals surface area contributed by atoms with Gasteiger partial charge in [-0.05, 0) is 92.8 Å². The van der Waals surface area contributed by atoms with E-state index in [9.17, 15) is 4.79 Å². The van der Waals surface area contributed by atoms with Crippen molar-refractivity contribution in [2.75, 3.05) is 7.11 Å². The van der Waals surface area contributed by atoms with Crippen molar-refractivity contribution in [1.82, 2.24) is 0 Å². The second-order valence-electron chi connectivity index (χ2n) is 10.00. The molecule has 4 aliphatic rings. The Bertz CT molecular complexity index is 510. The van der Waals surface area contributed by atoms with Gasteiger partial charge in [0.2, 0.25) is 0 Å². The Morgan fingerprint density at radius 3 is 2.52 bits per heavy atom. The summed E-state index contributed by atoms with van der Waals surface area (Å²) in [6, 6.07) is 0. The van der Waals surface area contributed by atoms with E-state index in [4.69, 9.17) is 4.74 Å². The zero-order valence-corrected chi connectivity index (χ0v) is 15.5. The van der Waals surface area contributed by atoms with E-state index in [1.807, 2.05) is 0 Å². The highest BCUT2D eigenvalue weighted by atomic mass is 16.5. The minimum atomic E-state index is -0.246. The molecule has 7 unspecified atom stereocenters. The molecule has 7 atom stereocenters. The lowest BCUT2D eigenvalue weighted by molar-refractivity contribution is -0.183. The quantitative estimate of drug-likeness (QED) is 0.620. The average Bonchev–Trinajstić information content (AvgIpc) is 2.75. The number of hydrogen-bond acceptors (Lipinski definition) is 2.